The van der Waals surface area contributed by atoms with Gasteiger partial charge in [-0.1, -0.05) is 11.6 Å². The average molecular weight is 350 g/mol. The second-order valence-corrected chi connectivity index (χ2v) is 7.27. The molecule has 1 aliphatic heterocycles. The molecular formula is C15H16ClN5OS. The highest BCUT2D eigenvalue weighted by molar-refractivity contribution is 7.15. The van der Waals surface area contributed by atoms with Crippen molar-refractivity contribution in [2.45, 2.75) is 25.8 Å². The molecule has 3 heterocycles. The maximum absolute atomic E-state index is 5.86. The maximum atomic E-state index is 5.86. The van der Waals surface area contributed by atoms with Gasteiger partial charge in [0, 0.05) is 24.2 Å². The molecule has 120 valence electrons. The molecule has 3 aromatic rings. The smallest absolute Gasteiger partial charge is 0.183 e. The van der Waals surface area contributed by atoms with E-state index < -0.39 is 0 Å². The SMILES string of the molecule is Clc1ncc(CNc2ccc(N3CCCCC3)c3nonc23)s1. The van der Waals surface area contributed by atoms with Crippen LogP contribution in [-0.2, 0) is 6.54 Å². The van der Waals surface area contributed by atoms with Crippen LogP contribution in [0.2, 0.25) is 4.47 Å². The number of hydrogen-bond donors (Lipinski definition) is 1. The summed E-state index contributed by atoms with van der Waals surface area (Å²) < 4.78 is 5.55. The highest BCUT2D eigenvalue weighted by atomic mass is 35.5. The van der Waals surface area contributed by atoms with Crippen molar-refractivity contribution < 1.29 is 4.63 Å². The molecule has 0 radical (unpaired) electrons. The molecule has 6 nitrogen and oxygen atoms in total. The van der Waals surface area contributed by atoms with Gasteiger partial charge in [0.1, 0.15) is 0 Å². The van der Waals surface area contributed by atoms with E-state index in [-0.39, 0.29) is 0 Å². The molecule has 0 spiro atoms. The Morgan fingerprint density at radius 2 is 2.00 bits per heavy atom. The summed E-state index contributed by atoms with van der Waals surface area (Å²) in [7, 11) is 0. The number of halogens is 1. The number of rotatable bonds is 4. The lowest BCUT2D eigenvalue weighted by molar-refractivity contribution is 0.315. The van der Waals surface area contributed by atoms with Crippen molar-refractivity contribution in [2.75, 3.05) is 23.3 Å². The fraction of sp³-hybridized carbons (Fsp3) is 0.400. The van der Waals surface area contributed by atoms with E-state index >= 15 is 0 Å². The Labute approximate surface area is 142 Å². The molecule has 0 unspecified atom stereocenters. The van der Waals surface area contributed by atoms with E-state index in [0.717, 1.165) is 40.4 Å². The standard InChI is InChI=1S/C15H16ClN5OS/c16-15-18-9-10(23-15)8-17-11-4-5-12(14-13(11)19-22-20-14)21-6-2-1-3-7-21/h4-5,9,17H,1-3,6-8H2. The number of piperidine rings is 1. The highest BCUT2D eigenvalue weighted by Crippen LogP contribution is 2.32. The monoisotopic (exact) mass is 349 g/mol. The third-order valence-electron chi connectivity index (χ3n) is 4.07. The molecule has 2 aromatic heterocycles. The van der Waals surface area contributed by atoms with Crippen molar-refractivity contribution in [3.05, 3.63) is 27.7 Å². The third-order valence-corrected chi connectivity index (χ3v) is 5.18. The molecule has 1 aromatic carbocycles. The van der Waals surface area contributed by atoms with E-state index in [2.05, 4.69) is 31.6 Å². The number of anilines is 2. The van der Waals surface area contributed by atoms with Crippen LogP contribution in [0.5, 0.6) is 0 Å². The van der Waals surface area contributed by atoms with Crippen molar-refractivity contribution in [2.24, 2.45) is 0 Å². The summed E-state index contributed by atoms with van der Waals surface area (Å²) >= 11 is 7.33. The predicted molar refractivity (Wildman–Crippen MR) is 92.3 cm³/mol. The molecule has 0 bridgehead atoms. The topological polar surface area (TPSA) is 67.1 Å². The van der Waals surface area contributed by atoms with E-state index in [0.29, 0.717) is 11.0 Å². The Morgan fingerprint density at radius 3 is 2.78 bits per heavy atom. The zero-order chi connectivity index (χ0) is 15.6. The molecular weight excluding hydrogens is 334 g/mol. The lowest BCUT2D eigenvalue weighted by Crippen LogP contribution is -2.29. The van der Waals surface area contributed by atoms with Crippen LogP contribution in [0.3, 0.4) is 0 Å². The number of nitrogens with one attached hydrogen (secondary N) is 1. The van der Waals surface area contributed by atoms with Crippen LogP contribution in [0.15, 0.2) is 23.0 Å². The van der Waals surface area contributed by atoms with Gasteiger partial charge in [-0.3, -0.25) is 0 Å². The van der Waals surface area contributed by atoms with Crippen molar-refractivity contribution in [3.8, 4) is 0 Å². The molecule has 0 amide bonds. The van der Waals surface area contributed by atoms with Gasteiger partial charge in [-0.15, -0.1) is 11.3 Å². The Morgan fingerprint density at radius 1 is 1.17 bits per heavy atom. The number of aromatic nitrogens is 3. The molecule has 0 saturated carbocycles. The number of thiazole rings is 1. The summed E-state index contributed by atoms with van der Waals surface area (Å²) in [4.78, 5) is 7.48. The number of benzene rings is 1. The van der Waals surface area contributed by atoms with Gasteiger partial charge < -0.3 is 10.2 Å². The summed E-state index contributed by atoms with van der Waals surface area (Å²) in [5.41, 5.74) is 3.60. The molecule has 23 heavy (non-hydrogen) atoms. The van der Waals surface area contributed by atoms with Gasteiger partial charge in [0.2, 0.25) is 0 Å². The molecule has 1 saturated heterocycles. The normalized spacial score (nSPS) is 15.3. The zero-order valence-electron chi connectivity index (χ0n) is 12.5. The first-order valence-corrected chi connectivity index (χ1v) is 8.85. The summed E-state index contributed by atoms with van der Waals surface area (Å²) in [6.45, 7) is 2.78. The maximum Gasteiger partial charge on any atom is 0.183 e. The minimum Gasteiger partial charge on any atom is -0.378 e. The molecule has 0 atom stereocenters. The van der Waals surface area contributed by atoms with Gasteiger partial charge >= 0.3 is 0 Å². The van der Waals surface area contributed by atoms with Crippen LogP contribution < -0.4 is 10.2 Å². The number of fused-ring (bicyclic) bond motifs is 1. The molecule has 1 N–H and O–H groups in total. The van der Waals surface area contributed by atoms with Crippen LogP contribution >= 0.6 is 22.9 Å². The first-order chi connectivity index (χ1) is 11.3. The largest absolute Gasteiger partial charge is 0.378 e. The third kappa shape index (κ3) is 2.98. The van der Waals surface area contributed by atoms with E-state index in [1.807, 2.05) is 6.07 Å². The van der Waals surface area contributed by atoms with Crippen LogP contribution in [0, 0.1) is 0 Å². The Bertz CT molecular complexity index is 811. The number of hydrogen-bond acceptors (Lipinski definition) is 7. The predicted octanol–water partition coefficient (Wildman–Crippen LogP) is 3.94. The zero-order valence-corrected chi connectivity index (χ0v) is 14.0. The van der Waals surface area contributed by atoms with Gasteiger partial charge in [-0.25, -0.2) is 9.61 Å². The van der Waals surface area contributed by atoms with Crippen molar-refractivity contribution >= 4 is 45.3 Å². The van der Waals surface area contributed by atoms with Gasteiger partial charge in [0.05, 0.1) is 17.9 Å². The minimum absolute atomic E-state index is 0.551. The second-order valence-electron chi connectivity index (χ2n) is 5.57. The Kier molecular flexibility index (Phi) is 4.05. The quantitative estimate of drug-likeness (QED) is 0.769. The summed E-state index contributed by atoms with van der Waals surface area (Å²) in [6.07, 6.45) is 5.52. The second kappa shape index (κ2) is 6.33. The fourth-order valence-electron chi connectivity index (χ4n) is 2.93. The molecule has 1 aliphatic rings. The molecule has 0 aliphatic carbocycles. The molecule has 8 heteroatoms. The first-order valence-electron chi connectivity index (χ1n) is 7.65. The minimum atomic E-state index is 0.551. The van der Waals surface area contributed by atoms with Gasteiger partial charge in [0.25, 0.3) is 0 Å². The Balaban J connectivity index is 1.60. The first kappa shape index (κ1) is 14.7. The lowest BCUT2D eigenvalue weighted by Gasteiger charge is -2.28. The van der Waals surface area contributed by atoms with E-state index in [1.54, 1.807) is 6.20 Å². The van der Waals surface area contributed by atoms with Crippen LogP contribution in [0.4, 0.5) is 11.4 Å². The number of nitrogens with zero attached hydrogens (tertiary/aromatic N) is 4. The molecule has 4 rings (SSSR count). The van der Waals surface area contributed by atoms with Crippen LogP contribution in [0.1, 0.15) is 24.1 Å². The van der Waals surface area contributed by atoms with E-state index in [9.17, 15) is 0 Å². The summed E-state index contributed by atoms with van der Waals surface area (Å²) in [5.74, 6) is 0. The molecule has 1 fully saturated rings. The van der Waals surface area contributed by atoms with Crippen molar-refractivity contribution in [1.82, 2.24) is 15.3 Å². The van der Waals surface area contributed by atoms with E-state index in [4.69, 9.17) is 16.2 Å². The summed E-state index contributed by atoms with van der Waals surface area (Å²) in [5, 5.41) is 11.6. The van der Waals surface area contributed by atoms with Crippen molar-refractivity contribution in [1.29, 1.82) is 0 Å². The fourth-order valence-corrected chi connectivity index (χ4v) is 3.85. The van der Waals surface area contributed by atoms with E-state index in [1.165, 1.54) is 30.6 Å². The Hall–Kier alpha value is -1.86. The van der Waals surface area contributed by atoms with Gasteiger partial charge in [-0.05, 0) is 41.7 Å². The van der Waals surface area contributed by atoms with Crippen LogP contribution in [0.25, 0.3) is 11.0 Å². The van der Waals surface area contributed by atoms with Crippen molar-refractivity contribution in [3.63, 3.8) is 0 Å². The van der Waals surface area contributed by atoms with Gasteiger partial charge in [0.15, 0.2) is 15.5 Å². The highest BCUT2D eigenvalue weighted by Gasteiger charge is 2.18. The van der Waals surface area contributed by atoms with Crippen LogP contribution in [-0.4, -0.2) is 28.4 Å². The lowest BCUT2D eigenvalue weighted by atomic mass is 10.1. The summed E-state index contributed by atoms with van der Waals surface area (Å²) in [6, 6.07) is 4.14. The van der Waals surface area contributed by atoms with Gasteiger partial charge in [-0.2, -0.15) is 0 Å². The average Bonchev–Trinajstić information content (AvgIpc) is 3.22.